The molecule has 1 N–H and O–H groups in total. The Hall–Kier alpha value is -4.26. The molecule has 6 nitrogen and oxygen atoms in total. The van der Waals surface area contributed by atoms with Gasteiger partial charge in [0.1, 0.15) is 12.1 Å². The molecule has 2 saturated heterocycles. The van der Waals surface area contributed by atoms with E-state index < -0.39 is 23.6 Å². The maximum Gasteiger partial charge on any atom is 0.327 e. The summed E-state index contributed by atoms with van der Waals surface area (Å²) in [5.41, 5.74) is 3.62. The number of rotatable bonds is 8. The van der Waals surface area contributed by atoms with E-state index in [1.165, 1.54) is 0 Å². The molecule has 4 aromatic rings. The SMILES string of the molecule is O=C(O)C1CN(Cc2ccccc2)CN1C(=O)C1C[N@@]1C(c1ccccc1)(c1ccccc1)c1ccccc1. The van der Waals surface area contributed by atoms with E-state index in [0.717, 1.165) is 22.3 Å². The van der Waals surface area contributed by atoms with Crippen LogP contribution in [0.5, 0.6) is 0 Å². The molecule has 0 aromatic heterocycles. The van der Waals surface area contributed by atoms with Crippen molar-refractivity contribution in [2.75, 3.05) is 19.8 Å². The van der Waals surface area contributed by atoms with Crippen molar-refractivity contribution in [1.82, 2.24) is 14.7 Å². The van der Waals surface area contributed by atoms with Crippen molar-refractivity contribution < 1.29 is 14.7 Å². The number of amides is 1. The van der Waals surface area contributed by atoms with Gasteiger partial charge in [-0.2, -0.15) is 0 Å². The fraction of sp³-hybridized carbons (Fsp3) is 0.212. The van der Waals surface area contributed by atoms with Gasteiger partial charge in [-0.15, -0.1) is 0 Å². The number of carbonyl (C=O) groups excluding carboxylic acids is 1. The second kappa shape index (κ2) is 10.5. The Kier molecular flexibility index (Phi) is 6.73. The van der Waals surface area contributed by atoms with Crippen molar-refractivity contribution in [1.29, 1.82) is 0 Å². The summed E-state index contributed by atoms with van der Waals surface area (Å²) in [5, 5.41) is 10.0. The number of carboxylic acid groups (broad SMARTS) is 1. The highest BCUT2D eigenvalue weighted by Gasteiger charge is 2.58. The van der Waals surface area contributed by atoms with Gasteiger partial charge in [0.25, 0.3) is 0 Å². The number of hydrogen-bond donors (Lipinski definition) is 1. The van der Waals surface area contributed by atoms with Gasteiger partial charge in [-0.3, -0.25) is 14.6 Å². The zero-order chi connectivity index (χ0) is 26.8. The summed E-state index contributed by atoms with van der Waals surface area (Å²) in [6.07, 6.45) is 0. The van der Waals surface area contributed by atoms with Crippen molar-refractivity contribution in [3.63, 3.8) is 0 Å². The monoisotopic (exact) mass is 517 g/mol. The molecule has 2 fully saturated rings. The molecule has 6 heteroatoms. The van der Waals surface area contributed by atoms with Gasteiger partial charge in [0.15, 0.2) is 0 Å². The van der Waals surface area contributed by atoms with Crippen LogP contribution < -0.4 is 0 Å². The van der Waals surface area contributed by atoms with Gasteiger partial charge < -0.3 is 10.0 Å². The minimum absolute atomic E-state index is 0.134. The average Bonchev–Trinajstić information content (AvgIpc) is 3.67. The minimum atomic E-state index is -0.966. The summed E-state index contributed by atoms with van der Waals surface area (Å²) in [4.78, 5) is 32.1. The van der Waals surface area contributed by atoms with Crippen LogP contribution in [0, 0.1) is 0 Å². The maximum absolute atomic E-state index is 14.1. The Morgan fingerprint density at radius 1 is 0.667 bits per heavy atom. The Bertz CT molecular complexity index is 1330. The molecule has 0 spiro atoms. The molecule has 39 heavy (non-hydrogen) atoms. The highest BCUT2D eigenvalue weighted by atomic mass is 16.4. The summed E-state index contributed by atoms with van der Waals surface area (Å²) < 4.78 is 0. The number of hydrogen-bond acceptors (Lipinski definition) is 4. The summed E-state index contributed by atoms with van der Waals surface area (Å²) in [7, 11) is 0. The van der Waals surface area contributed by atoms with Crippen LogP contribution in [0.15, 0.2) is 121 Å². The molecule has 2 unspecified atom stereocenters. The van der Waals surface area contributed by atoms with Crippen LogP contribution >= 0.6 is 0 Å². The number of carboxylic acids is 1. The minimum Gasteiger partial charge on any atom is -0.480 e. The highest BCUT2D eigenvalue weighted by Crippen LogP contribution is 2.48. The number of nitrogens with zero attached hydrogens (tertiary/aromatic N) is 3. The van der Waals surface area contributed by atoms with E-state index in [-0.39, 0.29) is 5.91 Å². The van der Waals surface area contributed by atoms with Crippen molar-refractivity contribution in [2.45, 2.75) is 24.2 Å². The molecular formula is C33H31N3O3. The third kappa shape index (κ3) is 4.62. The van der Waals surface area contributed by atoms with Crippen LogP contribution in [0.25, 0.3) is 0 Å². The van der Waals surface area contributed by atoms with Gasteiger partial charge in [0, 0.05) is 19.6 Å². The smallest absolute Gasteiger partial charge is 0.327 e. The van der Waals surface area contributed by atoms with Crippen LogP contribution in [0.4, 0.5) is 0 Å². The van der Waals surface area contributed by atoms with Crippen LogP contribution in [-0.2, 0) is 21.7 Å². The topological polar surface area (TPSA) is 63.9 Å². The number of aliphatic carboxylic acids is 1. The molecule has 2 aliphatic rings. The lowest BCUT2D eigenvalue weighted by Gasteiger charge is -2.38. The number of benzene rings is 4. The lowest BCUT2D eigenvalue weighted by molar-refractivity contribution is -0.148. The molecule has 2 aliphatic heterocycles. The molecule has 4 aromatic carbocycles. The Labute approximate surface area is 228 Å². The van der Waals surface area contributed by atoms with Crippen LogP contribution in [0.1, 0.15) is 22.3 Å². The zero-order valence-electron chi connectivity index (χ0n) is 21.6. The molecule has 6 rings (SSSR count). The predicted molar refractivity (Wildman–Crippen MR) is 150 cm³/mol. The molecule has 1 amide bonds. The molecule has 0 saturated carbocycles. The van der Waals surface area contributed by atoms with Gasteiger partial charge in [0.2, 0.25) is 5.91 Å². The zero-order valence-corrected chi connectivity index (χ0v) is 21.6. The van der Waals surface area contributed by atoms with Crippen molar-refractivity contribution in [3.8, 4) is 0 Å². The van der Waals surface area contributed by atoms with Crippen LogP contribution in [-0.4, -0.2) is 63.5 Å². The Morgan fingerprint density at radius 3 is 1.59 bits per heavy atom. The molecule has 196 valence electrons. The van der Waals surface area contributed by atoms with Crippen LogP contribution in [0.2, 0.25) is 0 Å². The lowest BCUT2D eigenvalue weighted by atomic mass is 9.76. The van der Waals surface area contributed by atoms with Gasteiger partial charge in [-0.25, -0.2) is 4.79 Å². The summed E-state index contributed by atoms with van der Waals surface area (Å²) in [5.74, 6) is -1.10. The van der Waals surface area contributed by atoms with E-state index in [2.05, 4.69) is 41.3 Å². The van der Waals surface area contributed by atoms with Crippen molar-refractivity contribution >= 4 is 11.9 Å². The first kappa shape index (κ1) is 25.0. The maximum atomic E-state index is 14.1. The second-order valence-electron chi connectivity index (χ2n) is 10.3. The third-order valence-electron chi connectivity index (χ3n) is 7.88. The lowest BCUT2D eigenvalue weighted by Crippen LogP contribution is -2.47. The first-order chi connectivity index (χ1) is 19.1. The predicted octanol–water partition coefficient (Wildman–Crippen LogP) is 4.42. The van der Waals surface area contributed by atoms with Crippen molar-refractivity contribution in [2.24, 2.45) is 0 Å². The molecule has 0 bridgehead atoms. The van der Waals surface area contributed by atoms with Gasteiger partial charge >= 0.3 is 5.97 Å². The summed E-state index contributed by atoms with van der Waals surface area (Å²) in [6, 6.07) is 39.5. The average molecular weight is 518 g/mol. The summed E-state index contributed by atoms with van der Waals surface area (Å²) in [6.45, 7) is 1.75. The first-order valence-corrected chi connectivity index (χ1v) is 13.3. The van der Waals surface area contributed by atoms with Gasteiger partial charge in [-0.1, -0.05) is 121 Å². The van der Waals surface area contributed by atoms with E-state index in [0.29, 0.717) is 26.3 Å². The number of carbonyl (C=O) groups is 2. The third-order valence-corrected chi connectivity index (χ3v) is 7.88. The highest BCUT2D eigenvalue weighted by molar-refractivity contribution is 5.90. The normalized spacial score (nSPS) is 21.0. The molecule has 3 atom stereocenters. The first-order valence-electron chi connectivity index (χ1n) is 13.3. The fourth-order valence-electron chi connectivity index (χ4n) is 6.05. The Morgan fingerprint density at radius 2 is 1.13 bits per heavy atom. The standard InChI is InChI=1S/C33H31N3O3/c37-31(35-24-34(22-30(35)32(38)39)21-25-13-5-1-6-14-25)29-23-36(29)33(26-15-7-2-8-16-26,27-17-9-3-10-18-27)28-19-11-4-12-20-28/h1-20,29-30H,21-24H2,(H,38,39)/t29?,30?,36-/m1/s1. The van der Waals surface area contributed by atoms with Crippen LogP contribution in [0.3, 0.4) is 0 Å². The van der Waals surface area contributed by atoms with E-state index in [1.807, 2.05) is 89.8 Å². The largest absolute Gasteiger partial charge is 0.480 e. The fourth-order valence-corrected chi connectivity index (χ4v) is 6.05. The molecule has 0 aliphatic carbocycles. The summed E-state index contributed by atoms with van der Waals surface area (Å²) >= 11 is 0. The van der Waals surface area contributed by atoms with E-state index in [9.17, 15) is 14.7 Å². The second-order valence-corrected chi connectivity index (χ2v) is 10.3. The Balaban J connectivity index is 1.35. The molecule has 2 heterocycles. The van der Waals surface area contributed by atoms with E-state index in [1.54, 1.807) is 4.90 Å². The van der Waals surface area contributed by atoms with E-state index >= 15 is 0 Å². The van der Waals surface area contributed by atoms with Crippen molar-refractivity contribution in [3.05, 3.63) is 144 Å². The van der Waals surface area contributed by atoms with Gasteiger partial charge in [-0.05, 0) is 22.3 Å². The van der Waals surface area contributed by atoms with E-state index in [4.69, 9.17) is 0 Å². The molecular weight excluding hydrogens is 486 g/mol. The van der Waals surface area contributed by atoms with Gasteiger partial charge in [0.05, 0.1) is 12.2 Å². The molecule has 0 radical (unpaired) electrons. The quantitative estimate of drug-likeness (QED) is 0.277.